The van der Waals surface area contributed by atoms with Crippen molar-refractivity contribution in [2.45, 2.75) is 65.3 Å². The number of hydrogen-bond acceptors (Lipinski definition) is 4. The average Bonchev–Trinajstić information content (AvgIpc) is 2.35. The van der Waals surface area contributed by atoms with Crippen molar-refractivity contribution in [3.05, 3.63) is 11.4 Å². The first kappa shape index (κ1) is 14.1. The lowest BCUT2D eigenvalue weighted by atomic mass is 9.93. The zero-order chi connectivity index (χ0) is 13.7. The summed E-state index contributed by atoms with van der Waals surface area (Å²) in [5.74, 6) is 2.98. The summed E-state index contributed by atoms with van der Waals surface area (Å²) in [6.07, 6.45) is 7.01. The molecule has 1 saturated carbocycles. The van der Waals surface area contributed by atoms with E-state index in [-0.39, 0.29) is 0 Å². The molecule has 0 atom stereocenters. The second-order valence-corrected chi connectivity index (χ2v) is 5.41. The Morgan fingerprint density at radius 3 is 2.42 bits per heavy atom. The van der Waals surface area contributed by atoms with Crippen molar-refractivity contribution in [3.8, 4) is 0 Å². The van der Waals surface area contributed by atoms with Gasteiger partial charge in [-0.3, -0.25) is 0 Å². The van der Waals surface area contributed by atoms with Crippen LogP contribution in [0.2, 0.25) is 0 Å². The molecule has 1 aliphatic carbocycles. The van der Waals surface area contributed by atoms with E-state index >= 15 is 0 Å². The van der Waals surface area contributed by atoms with Gasteiger partial charge in [0.25, 0.3) is 0 Å². The monoisotopic (exact) mass is 262 g/mol. The molecule has 1 fully saturated rings. The van der Waals surface area contributed by atoms with Gasteiger partial charge in [-0.1, -0.05) is 13.8 Å². The highest BCUT2D eigenvalue weighted by atomic mass is 15.1. The molecular formula is C15H26N4. The van der Waals surface area contributed by atoms with Crippen LogP contribution in [0, 0.1) is 6.92 Å². The summed E-state index contributed by atoms with van der Waals surface area (Å²) in [7, 11) is 0. The van der Waals surface area contributed by atoms with E-state index in [2.05, 4.69) is 36.4 Å². The Morgan fingerprint density at radius 1 is 1.11 bits per heavy atom. The fourth-order valence-corrected chi connectivity index (χ4v) is 2.20. The molecule has 2 N–H and O–H groups in total. The lowest BCUT2D eigenvalue weighted by molar-refractivity contribution is 0.444. The van der Waals surface area contributed by atoms with E-state index in [1.54, 1.807) is 0 Å². The molecule has 1 aromatic rings. The highest BCUT2D eigenvalue weighted by molar-refractivity contribution is 5.57. The van der Waals surface area contributed by atoms with Crippen LogP contribution in [0.15, 0.2) is 0 Å². The van der Waals surface area contributed by atoms with Crippen molar-refractivity contribution in [1.82, 2.24) is 9.97 Å². The third-order valence-electron chi connectivity index (χ3n) is 3.65. The summed E-state index contributed by atoms with van der Waals surface area (Å²) >= 11 is 0. The highest BCUT2D eigenvalue weighted by Gasteiger charge is 2.19. The molecule has 4 nitrogen and oxygen atoms in total. The topological polar surface area (TPSA) is 49.8 Å². The van der Waals surface area contributed by atoms with Crippen molar-refractivity contribution >= 4 is 11.6 Å². The van der Waals surface area contributed by atoms with Crippen molar-refractivity contribution in [1.29, 1.82) is 0 Å². The first-order valence-corrected chi connectivity index (χ1v) is 7.62. The zero-order valence-electron chi connectivity index (χ0n) is 12.4. The Balaban J connectivity index is 2.19. The van der Waals surface area contributed by atoms with Gasteiger partial charge in [-0.15, -0.1) is 0 Å². The van der Waals surface area contributed by atoms with E-state index in [1.807, 2.05) is 0 Å². The number of hydrogen-bond donors (Lipinski definition) is 2. The summed E-state index contributed by atoms with van der Waals surface area (Å²) in [5.41, 5.74) is 1.15. The van der Waals surface area contributed by atoms with E-state index < -0.39 is 0 Å². The van der Waals surface area contributed by atoms with Gasteiger partial charge >= 0.3 is 0 Å². The Kier molecular flexibility index (Phi) is 5.00. The summed E-state index contributed by atoms with van der Waals surface area (Å²) in [4.78, 5) is 9.34. The van der Waals surface area contributed by atoms with Crippen LogP contribution in [-0.2, 0) is 6.42 Å². The predicted octanol–water partition coefficient (Wildman–Crippen LogP) is 3.52. The van der Waals surface area contributed by atoms with Crippen molar-refractivity contribution in [2.75, 3.05) is 17.2 Å². The molecule has 106 valence electrons. The van der Waals surface area contributed by atoms with Crippen LogP contribution in [0.1, 0.15) is 57.3 Å². The molecule has 1 aromatic heterocycles. The summed E-state index contributed by atoms with van der Waals surface area (Å²) in [6.45, 7) is 7.41. The van der Waals surface area contributed by atoms with Gasteiger partial charge in [-0.05, 0) is 39.0 Å². The molecule has 0 spiro atoms. The van der Waals surface area contributed by atoms with Gasteiger partial charge in [0.05, 0.1) is 0 Å². The molecule has 0 aromatic carbocycles. The third-order valence-corrected chi connectivity index (χ3v) is 3.65. The first-order chi connectivity index (χ1) is 9.24. The van der Waals surface area contributed by atoms with Crippen molar-refractivity contribution in [2.24, 2.45) is 0 Å². The van der Waals surface area contributed by atoms with Gasteiger partial charge in [-0.2, -0.15) is 0 Å². The average molecular weight is 262 g/mol. The largest absolute Gasteiger partial charge is 0.370 e. The van der Waals surface area contributed by atoms with Crippen LogP contribution in [0.3, 0.4) is 0 Å². The molecule has 1 heterocycles. The minimum atomic E-state index is 0.613. The Hall–Kier alpha value is -1.32. The third kappa shape index (κ3) is 3.58. The molecular weight excluding hydrogens is 236 g/mol. The zero-order valence-corrected chi connectivity index (χ0v) is 12.4. The maximum Gasteiger partial charge on any atom is 0.134 e. The molecule has 4 heteroatoms. The predicted molar refractivity (Wildman–Crippen MR) is 80.8 cm³/mol. The Bertz CT molecular complexity index is 413. The van der Waals surface area contributed by atoms with Crippen LogP contribution in [-0.4, -0.2) is 22.6 Å². The molecule has 1 aliphatic rings. The van der Waals surface area contributed by atoms with Crippen molar-refractivity contribution in [3.63, 3.8) is 0 Å². The molecule has 0 unspecified atom stereocenters. The first-order valence-electron chi connectivity index (χ1n) is 7.62. The highest BCUT2D eigenvalue weighted by Crippen LogP contribution is 2.26. The minimum absolute atomic E-state index is 0.613. The van der Waals surface area contributed by atoms with E-state index in [0.717, 1.165) is 48.8 Å². The van der Waals surface area contributed by atoms with Gasteiger partial charge in [-0.25, -0.2) is 9.97 Å². The maximum atomic E-state index is 4.69. The number of rotatable bonds is 7. The molecule has 2 rings (SSSR count). The van der Waals surface area contributed by atoms with Gasteiger partial charge in [0.2, 0.25) is 0 Å². The quantitative estimate of drug-likeness (QED) is 0.789. The minimum Gasteiger partial charge on any atom is -0.370 e. The summed E-state index contributed by atoms with van der Waals surface area (Å²) in [5, 5.41) is 6.99. The van der Waals surface area contributed by atoms with E-state index in [4.69, 9.17) is 4.98 Å². The number of nitrogens with one attached hydrogen (secondary N) is 2. The van der Waals surface area contributed by atoms with Crippen LogP contribution >= 0.6 is 0 Å². The fourth-order valence-electron chi connectivity index (χ4n) is 2.20. The summed E-state index contributed by atoms with van der Waals surface area (Å²) < 4.78 is 0. The molecule has 0 saturated heterocycles. The normalized spacial score (nSPS) is 15.1. The second-order valence-electron chi connectivity index (χ2n) is 5.41. The number of nitrogens with zero attached hydrogens (tertiary/aromatic N) is 2. The van der Waals surface area contributed by atoms with Crippen LogP contribution in [0.5, 0.6) is 0 Å². The van der Waals surface area contributed by atoms with Gasteiger partial charge in [0.15, 0.2) is 0 Å². The van der Waals surface area contributed by atoms with Crippen molar-refractivity contribution < 1.29 is 0 Å². The molecule has 0 aliphatic heterocycles. The fraction of sp³-hybridized carbons (Fsp3) is 0.733. The second kappa shape index (κ2) is 6.73. The molecule has 19 heavy (non-hydrogen) atoms. The molecule has 0 bridgehead atoms. The standard InChI is InChI=1S/C15H26N4/c1-4-7-13-18-14(16-10-5-2)11(3)15(19-13)17-12-8-6-9-12/h12H,4-10H2,1-3H3,(H2,16,17,18,19). The smallest absolute Gasteiger partial charge is 0.134 e. The van der Waals surface area contributed by atoms with E-state index in [1.165, 1.54) is 19.3 Å². The van der Waals surface area contributed by atoms with Gasteiger partial charge < -0.3 is 10.6 Å². The maximum absolute atomic E-state index is 4.69. The van der Waals surface area contributed by atoms with Gasteiger partial charge in [0, 0.05) is 24.6 Å². The SMILES string of the molecule is CCCNc1nc(CCC)nc(NC2CCC2)c1C. The number of aromatic nitrogens is 2. The molecule has 0 amide bonds. The van der Waals surface area contributed by atoms with Crippen LogP contribution in [0.4, 0.5) is 11.6 Å². The van der Waals surface area contributed by atoms with Crippen LogP contribution < -0.4 is 10.6 Å². The van der Waals surface area contributed by atoms with E-state index in [9.17, 15) is 0 Å². The summed E-state index contributed by atoms with van der Waals surface area (Å²) in [6, 6.07) is 0.613. The van der Waals surface area contributed by atoms with Crippen LogP contribution in [0.25, 0.3) is 0 Å². The number of aryl methyl sites for hydroxylation is 1. The number of anilines is 2. The lowest BCUT2D eigenvalue weighted by Crippen LogP contribution is -2.28. The lowest BCUT2D eigenvalue weighted by Gasteiger charge is -2.28. The van der Waals surface area contributed by atoms with E-state index in [0.29, 0.717) is 6.04 Å². The van der Waals surface area contributed by atoms with Gasteiger partial charge in [0.1, 0.15) is 17.5 Å². The molecule has 0 radical (unpaired) electrons. The Morgan fingerprint density at radius 2 is 1.84 bits per heavy atom. The Labute approximate surface area is 116 Å².